The Balaban J connectivity index is 2.06. The number of quaternary nitrogens is 1. The standard InChI is InChI=1S/C19H26N2O2/c1-4-19(3,23-16(2)22)11-8-14-21-13-6-5-10-18(21)17-9-7-12-20-15-17/h7,9,12,15,18H,4-6,10,13-14H2,1-3H3/p+1/t18-,19-/m1/s1. The second kappa shape index (κ2) is 8.12. The Kier molecular flexibility index (Phi) is 6.18. The van der Waals surface area contributed by atoms with E-state index in [1.165, 1.54) is 36.6 Å². The smallest absolute Gasteiger partial charge is 0.304 e. The molecule has 2 rings (SSSR count). The van der Waals surface area contributed by atoms with Crippen LogP contribution in [0.2, 0.25) is 0 Å². The predicted molar refractivity (Wildman–Crippen MR) is 89.8 cm³/mol. The number of nitrogens with one attached hydrogen (secondary N) is 1. The van der Waals surface area contributed by atoms with E-state index in [4.69, 9.17) is 4.74 Å². The molecule has 1 unspecified atom stereocenters. The topological polar surface area (TPSA) is 43.6 Å². The monoisotopic (exact) mass is 315 g/mol. The zero-order chi connectivity index (χ0) is 16.7. The normalized spacial score (nSPS) is 23.3. The largest absolute Gasteiger partial charge is 0.446 e. The number of likely N-dealkylation sites (tertiary alicyclic amines) is 1. The highest BCUT2D eigenvalue weighted by molar-refractivity contribution is 5.67. The Morgan fingerprint density at radius 2 is 2.35 bits per heavy atom. The fourth-order valence-corrected chi connectivity index (χ4v) is 3.12. The van der Waals surface area contributed by atoms with Crippen molar-refractivity contribution in [2.75, 3.05) is 13.1 Å². The van der Waals surface area contributed by atoms with E-state index >= 15 is 0 Å². The molecule has 4 nitrogen and oxygen atoms in total. The first-order chi connectivity index (χ1) is 11.0. The zero-order valence-corrected chi connectivity index (χ0v) is 14.4. The van der Waals surface area contributed by atoms with Gasteiger partial charge in [-0.3, -0.25) is 9.78 Å². The Hall–Kier alpha value is -1.86. The molecule has 0 aliphatic carbocycles. The van der Waals surface area contributed by atoms with Crippen molar-refractivity contribution in [3.8, 4) is 11.8 Å². The predicted octanol–water partition coefficient (Wildman–Crippen LogP) is 1.93. The van der Waals surface area contributed by atoms with Crippen LogP contribution in [-0.2, 0) is 9.53 Å². The van der Waals surface area contributed by atoms with Gasteiger partial charge in [-0.2, -0.15) is 0 Å². The van der Waals surface area contributed by atoms with Crippen LogP contribution >= 0.6 is 0 Å². The van der Waals surface area contributed by atoms with Gasteiger partial charge in [-0.15, -0.1) is 0 Å². The first-order valence-electron chi connectivity index (χ1n) is 8.48. The SMILES string of the molecule is CC[C@](C)(C#CC[NH+]1CCCC[C@@H]1c1cccnc1)OC(C)=O. The quantitative estimate of drug-likeness (QED) is 0.682. The maximum atomic E-state index is 11.2. The summed E-state index contributed by atoms with van der Waals surface area (Å²) < 4.78 is 5.36. The second-order valence-electron chi connectivity index (χ2n) is 6.40. The highest BCUT2D eigenvalue weighted by atomic mass is 16.6. The first kappa shape index (κ1) is 17.5. The van der Waals surface area contributed by atoms with Crippen molar-refractivity contribution >= 4 is 5.97 Å². The van der Waals surface area contributed by atoms with E-state index in [2.05, 4.69) is 22.9 Å². The fraction of sp³-hybridized carbons (Fsp3) is 0.579. The average Bonchev–Trinajstić information content (AvgIpc) is 2.55. The summed E-state index contributed by atoms with van der Waals surface area (Å²) in [6.07, 6.45) is 8.16. The van der Waals surface area contributed by atoms with Crippen molar-refractivity contribution in [2.24, 2.45) is 0 Å². The van der Waals surface area contributed by atoms with Gasteiger partial charge in [0.2, 0.25) is 0 Å². The van der Waals surface area contributed by atoms with Crippen LogP contribution in [0.25, 0.3) is 0 Å². The third kappa shape index (κ3) is 5.07. The number of aromatic nitrogens is 1. The third-order valence-electron chi connectivity index (χ3n) is 4.53. The molecule has 0 bridgehead atoms. The fourth-order valence-electron chi connectivity index (χ4n) is 3.12. The Morgan fingerprint density at radius 3 is 3.00 bits per heavy atom. The molecule has 124 valence electrons. The number of carbonyl (C=O) groups is 1. The van der Waals surface area contributed by atoms with Crippen LogP contribution in [0.15, 0.2) is 24.5 Å². The summed E-state index contributed by atoms with van der Waals surface area (Å²) in [6.45, 7) is 7.21. The van der Waals surface area contributed by atoms with Gasteiger partial charge < -0.3 is 9.64 Å². The van der Waals surface area contributed by atoms with Crippen LogP contribution in [0.3, 0.4) is 0 Å². The molecule has 1 aliphatic rings. The van der Waals surface area contributed by atoms with Crippen molar-refractivity contribution in [3.63, 3.8) is 0 Å². The van der Waals surface area contributed by atoms with E-state index < -0.39 is 5.60 Å². The van der Waals surface area contributed by atoms with E-state index in [1.54, 1.807) is 0 Å². The van der Waals surface area contributed by atoms with Gasteiger partial charge in [0.25, 0.3) is 0 Å². The molecule has 1 fully saturated rings. The van der Waals surface area contributed by atoms with E-state index in [-0.39, 0.29) is 5.97 Å². The molecule has 4 heteroatoms. The van der Waals surface area contributed by atoms with Gasteiger partial charge in [-0.1, -0.05) is 13.0 Å². The first-order valence-corrected chi connectivity index (χ1v) is 8.48. The number of piperidine rings is 1. The summed E-state index contributed by atoms with van der Waals surface area (Å²) in [7, 11) is 0. The van der Waals surface area contributed by atoms with Gasteiger partial charge in [-0.25, -0.2) is 0 Å². The molecule has 0 amide bonds. The Bertz CT molecular complexity index is 576. The summed E-state index contributed by atoms with van der Waals surface area (Å²) in [5.41, 5.74) is 0.618. The van der Waals surface area contributed by atoms with Gasteiger partial charge in [0.1, 0.15) is 12.6 Å². The molecule has 2 heterocycles. The zero-order valence-electron chi connectivity index (χ0n) is 14.4. The second-order valence-corrected chi connectivity index (χ2v) is 6.40. The molecule has 1 saturated heterocycles. The number of ether oxygens (including phenoxy) is 1. The average molecular weight is 315 g/mol. The molecule has 1 N–H and O–H groups in total. The molecule has 0 radical (unpaired) electrons. The highest BCUT2D eigenvalue weighted by Gasteiger charge is 2.27. The van der Waals surface area contributed by atoms with E-state index in [0.717, 1.165) is 13.1 Å². The molecule has 0 aromatic carbocycles. The highest BCUT2D eigenvalue weighted by Crippen LogP contribution is 2.18. The minimum atomic E-state index is -0.676. The number of pyridine rings is 1. The number of nitrogens with zero attached hydrogens (tertiary/aromatic N) is 1. The minimum absolute atomic E-state index is 0.276. The van der Waals surface area contributed by atoms with Crippen molar-refractivity contribution < 1.29 is 14.4 Å². The van der Waals surface area contributed by atoms with Gasteiger partial charge in [-0.05, 0) is 44.1 Å². The van der Waals surface area contributed by atoms with Gasteiger partial charge in [0.05, 0.1) is 6.54 Å². The lowest BCUT2D eigenvalue weighted by Gasteiger charge is -2.31. The van der Waals surface area contributed by atoms with E-state index in [0.29, 0.717) is 12.5 Å². The lowest BCUT2D eigenvalue weighted by atomic mass is 9.96. The molecular weight excluding hydrogens is 288 g/mol. The van der Waals surface area contributed by atoms with Gasteiger partial charge in [0.15, 0.2) is 5.60 Å². The van der Waals surface area contributed by atoms with Crippen LogP contribution < -0.4 is 4.90 Å². The molecule has 1 aromatic heterocycles. The lowest BCUT2D eigenvalue weighted by Crippen LogP contribution is -3.13. The summed E-state index contributed by atoms with van der Waals surface area (Å²) in [4.78, 5) is 17.0. The number of esters is 1. The van der Waals surface area contributed by atoms with Crippen LogP contribution in [0.4, 0.5) is 0 Å². The lowest BCUT2D eigenvalue weighted by molar-refractivity contribution is -0.930. The number of rotatable bonds is 4. The van der Waals surface area contributed by atoms with Crippen molar-refractivity contribution in [3.05, 3.63) is 30.1 Å². The summed E-state index contributed by atoms with van der Waals surface area (Å²) in [5.74, 6) is 6.16. The summed E-state index contributed by atoms with van der Waals surface area (Å²) >= 11 is 0. The number of carbonyl (C=O) groups excluding carboxylic acids is 1. The minimum Gasteiger partial charge on any atom is -0.446 e. The maximum absolute atomic E-state index is 11.2. The molecule has 3 atom stereocenters. The van der Waals surface area contributed by atoms with Gasteiger partial charge >= 0.3 is 5.97 Å². The Labute approximate surface area is 139 Å². The maximum Gasteiger partial charge on any atom is 0.304 e. The van der Waals surface area contributed by atoms with E-state index in [1.807, 2.05) is 32.3 Å². The van der Waals surface area contributed by atoms with E-state index in [9.17, 15) is 4.79 Å². The van der Waals surface area contributed by atoms with Crippen molar-refractivity contribution in [2.45, 2.75) is 58.1 Å². The number of hydrogen-bond acceptors (Lipinski definition) is 3. The van der Waals surface area contributed by atoms with Crippen molar-refractivity contribution in [1.82, 2.24) is 4.98 Å². The van der Waals surface area contributed by atoms with Crippen LogP contribution in [0.5, 0.6) is 0 Å². The molecule has 0 spiro atoms. The molecule has 0 saturated carbocycles. The molecule has 1 aromatic rings. The van der Waals surface area contributed by atoms with Crippen LogP contribution in [0, 0.1) is 11.8 Å². The van der Waals surface area contributed by atoms with Crippen LogP contribution in [0.1, 0.15) is 58.1 Å². The van der Waals surface area contributed by atoms with Crippen molar-refractivity contribution in [1.29, 1.82) is 0 Å². The van der Waals surface area contributed by atoms with Gasteiger partial charge in [0, 0.05) is 31.3 Å². The van der Waals surface area contributed by atoms with Crippen LogP contribution in [-0.4, -0.2) is 29.6 Å². The molecular formula is C19H27N2O2+. The summed E-state index contributed by atoms with van der Waals surface area (Å²) in [6, 6.07) is 4.63. The third-order valence-corrected chi connectivity index (χ3v) is 4.53. The number of hydrogen-bond donors (Lipinski definition) is 1. The Morgan fingerprint density at radius 1 is 1.52 bits per heavy atom. The molecule has 23 heavy (non-hydrogen) atoms. The molecule has 1 aliphatic heterocycles. The summed E-state index contributed by atoms with van der Waals surface area (Å²) in [5, 5.41) is 0.